The van der Waals surface area contributed by atoms with E-state index in [9.17, 15) is 0 Å². The van der Waals surface area contributed by atoms with Gasteiger partial charge in [0.1, 0.15) is 0 Å². The predicted molar refractivity (Wildman–Crippen MR) is 29.6 cm³/mol. The van der Waals surface area contributed by atoms with Gasteiger partial charge in [0, 0.05) is 0 Å². The van der Waals surface area contributed by atoms with Gasteiger partial charge in [-0.15, -0.1) is 11.1 Å². The van der Waals surface area contributed by atoms with Gasteiger partial charge in [0.15, 0.2) is 8.35 Å². The summed E-state index contributed by atoms with van der Waals surface area (Å²) in [7, 11) is -2.49. The molecule has 0 saturated heterocycles. The maximum absolute atomic E-state index is 8.20. The third-order valence-corrected chi connectivity index (χ3v) is 6.59. The van der Waals surface area contributed by atoms with E-state index in [0.29, 0.717) is 0 Å². The largest absolute Gasteiger partial charge is 0.423 e. The first-order valence-electron chi connectivity index (χ1n) is 1.15. The van der Waals surface area contributed by atoms with E-state index >= 15 is 0 Å². The van der Waals surface area contributed by atoms with E-state index in [1.807, 2.05) is 0 Å². The first-order valence-corrected chi connectivity index (χ1v) is 8.82. The summed E-state index contributed by atoms with van der Waals surface area (Å²) in [5.41, 5.74) is 0. The average Bonchev–Trinajstić information content (AvgIpc) is 1.38. The van der Waals surface area contributed by atoms with Gasteiger partial charge in [-0.2, -0.15) is 11.1 Å². The smallest absolute Gasteiger partial charge is 0.265 e. The van der Waals surface area contributed by atoms with Crippen LogP contribution in [0.3, 0.4) is 0 Å². The maximum atomic E-state index is 8.20. The zero-order chi connectivity index (χ0) is 4.28. The van der Waals surface area contributed by atoms with Crippen LogP contribution >= 0.6 is 22.2 Å². The standard InChI is InChI=1S/Cl2H4OSi2/c1-4-5(2)3/h3,5H,4H2. The third kappa shape index (κ3) is 4.97. The Bertz CT molecular complexity index is 21.6. The lowest BCUT2D eigenvalue weighted by Crippen LogP contribution is -2.06. The van der Waals surface area contributed by atoms with Crippen LogP contribution in [0.15, 0.2) is 0 Å². The lowest BCUT2D eigenvalue weighted by molar-refractivity contribution is 0.613. The number of halogens is 2. The molecule has 0 aromatic carbocycles. The van der Waals surface area contributed by atoms with Crippen molar-refractivity contribution in [2.24, 2.45) is 0 Å². The van der Waals surface area contributed by atoms with Gasteiger partial charge < -0.3 is 4.80 Å². The molecule has 0 heterocycles. The van der Waals surface area contributed by atoms with Crippen LogP contribution in [-0.4, -0.2) is 21.0 Å². The highest BCUT2D eigenvalue weighted by Crippen LogP contribution is 1.80. The molecule has 1 atom stereocenters. The summed E-state index contributed by atoms with van der Waals surface area (Å²) in [6, 6.07) is 0. The zero-order valence-electron chi connectivity index (χ0n) is 2.49. The van der Waals surface area contributed by atoms with Crippen LogP contribution in [0.1, 0.15) is 0 Å². The topological polar surface area (TPSA) is 20.2 Å². The second-order valence-electron chi connectivity index (χ2n) is 0.589. The van der Waals surface area contributed by atoms with Crippen molar-refractivity contribution < 1.29 is 4.80 Å². The van der Waals surface area contributed by atoms with E-state index in [1.54, 1.807) is 0 Å². The lowest BCUT2D eigenvalue weighted by atomic mass is 15.9. The quantitative estimate of drug-likeness (QED) is 0.382. The second-order valence-corrected chi connectivity index (χ2v) is 10.9. The van der Waals surface area contributed by atoms with Gasteiger partial charge in [-0.05, 0) is 0 Å². The molecule has 0 radical (unpaired) electrons. The van der Waals surface area contributed by atoms with Crippen LogP contribution in [0.2, 0.25) is 0 Å². The highest BCUT2D eigenvalue weighted by molar-refractivity contribution is 7.46. The number of hydrogen-bond acceptors (Lipinski definition) is 1. The van der Waals surface area contributed by atoms with E-state index < -0.39 is 16.2 Å². The summed E-state index contributed by atoms with van der Waals surface area (Å²) >= 11 is 10.2. The zero-order valence-corrected chi connectivity index (χ0v) is 6.57. The molecule has 5 heteroatoms. The molecule has 0 spiro atoms. The van der Waals surface area contributed by atoms with Crippen molar-refractivity contribution in [2.75, 3.05) is 0 Å². The Morgan fingerprint density at radius 2 is 2.00 bits per heavy atom. The van der Waals surface area contributed by atoms with Crippen LogP contribution in [0.4, 0.5) is 0 Å². The summed E-state index contributed by atoms with van der Waals surface area (Å²) in [6.45, 7) is 0. The summed E-state index contributed by atoms with van der Waals surface area (Å²) in [6.07, 6.45) is 0. The van der Waals surface area contributed by atoms with E-state index in [1.165, 1.54) is 0 Å². The van der Waals surface area contributed by atoms with Crippen molar-refractivity contribution in [1.82, 2.24) is 0 Å². The van der Waals surface area contributed by atoms with Crippen molar-refractivity contribution in [3.63, 3.8) is 0 Å². The molecule has 0 amide bonds. The van der Waals surface area contributed by atoms with Gasteiger partial charge in [0.05, 0.1) is 0 Å². The highest BCUT2D eigenvalue weighted by Gasteiger charge is 1.94. The van der Waals surface area contributed by atoms with Gasteiger partial charge in [-0.3, -0.25) is 0 Å². The van der Waals surface area contributed by atoms with Crippen LogP contribution < -0.4 is 0 Å². The van der Waals surface area contributed by atoms with Gasteiger partial charge in [-0.25, -0.2) is 0 Å². The summed E-state index contributed by atoms with van der Waals surface area (Å²) in [5, 5.41) is 0. The SMILES string of the molecule is O[SiH](Cl)[SiH2]Cl. The molecule has 0 aliphatic heterocycles. The van der Waals surface area contributed by atoms with Crippen molar-refractivity contribution in [3.8, 4) is 0 Å². The molecule has 0 bridgehead atoms. The van der Waals surface area contributed by atoms with Crippen LogP contribution in [-0.2, 0) is 0 Å². The Morgan fingerprint density at radius 1 is 1.80 bits per heavy atom. The molecule has 0 rings (SSSR count). The molecule has 0 aliphatic carbocycles. The molecule has 0 fully saturated rings. The fourth-order valence-corrected chi connectivity index (χ4v) is 0. The minimum absolute atomic E-state index is 0.719. The fraction of sp³-hybridized carbons (Fsp3) is 0. The Balaban J connectivity index is 2.54. The van der Waals surface area contributed by atoms with Crippen LogP contribution in [0.25, 0.3) is 0 Å². The van der Waals surface area contributed by atoms with Gasteiger partial charge in [-0.1, -0.05) is 0 Å². The van der Waals surface area contributed by atoms with E-state index in [2.05, 4.69) is 0 Å². The Hall–Kier alpha value is 0.974. The average molecular weight is 147 g/mol. The van der Waals surface area contributed by atoms with E-state index in [0.717, 1.165) is 0 Å². The molecular formula is H4Cl2OSi2. The normalized spacial score (nSPS) is 17.4. The van der Waals surface area contributed by atoms with Crippen LogP contribution in [0, 0.1) is 0 Å². The Labute approximate surface area is 43.6 Å². The van der Waals surface area contributed by atoms with Crippen molar-refractivity contribution in [3.05, 3.63) is 0 Å². The summed E-state index contributed by atoms with van der Waals surface area (Å²) in [4.78, 5) is 8.20. The molecular weight excluding hydrogens is 143 g/mol. The molecule has 0 aromatic rings. The predicted octanol–water partition coefficient (Wildman–Crippen LogP) is -0.743. The number of hydrogen-bond donors (Lipinski definition) is 1. The molecule has 0 aliphatic rings. The maximum Gasteiger partial charge on any atom is 0.265 e. The second kappa shape index (κ2) is 3.17. The van der Waals surface area contributed by atoms with Gasteiger partial charge in [0.2, 0.25) is 0 Å². The molecule has 1 N–H and O–H groups in total. The van der Waals surface area contributed by atoms with Crippen molar-refractivity contribution in [1.29, 1.82) is 0 Å². The Kier molecular flexibility index (Phi) is 3.79. The molecule has 32 valence electrons. The van der Waals surface area contributed by atoms with E-state index in [4.69, 9.17) is 27.0 Å². The summed E-state index contributed by atoms with van der Waals surface area (Å²) in [5.74, 6) is 0. The third-order valence-electron chi connectivity index (χ3n) is 0.127. The highest BCUT2D eigenvalue weighted by atomic mass is 35.6. The monoisotopic (exact) mass is 146 g/mol. The molecule has 0 aromatic heterocycles. The van der Waals surface area contributed by atoms with Crippen molar-refractivity contribution in [2.45, 2.75) is 0 Å². The first kappa shape index (κ1) is 5.97. The minimum atomic E-state index is -1.77. The molecule has 0 saturated carbocycles. The van der Waals surface area contributed by atoms with E-state index in [-0.39, 0.29) is 0 Å². The Morgan fingerprint density at radius 3 is 2.00 bits per heavy atom. The van der Waals surface area contributed by atoms with Gasteiger partial charge >= 0.3 is 0 Å². The lowest BCUT2D eigenvalue weighted by Gasteiger charge is -1.80. The first-order chi connectivity index (χ1) is 2.27. The van der Waals surface area contributed by atoms with Gasteiger partial charge in [0.25, 0.3) is 7.87 Å². The fourth-order valence-electron chi connectivity index (χ4n) is 0. The summed E-state index contributed by atoms with van der Waals surface area (Å²) < 4.78 is 0. The minimum Gasteiger partial charge on any atom is -0.423 e. The molecule has 5 heavy (non-hydrogen) atoms. The van der Waals surface area contributed by atoms with Crippen LogP contribution in [0.5, 0.6) is 0 Å². The molecule has 1 unspecified atom stereocenters. The van der Waals surface area contributed by atoms with Crippen molar-refractivity contribution >= 4 is 38.4 Å². The number of rotatable bonds is 1. The molecule has 1 nitrogen and oxygen atoms in total.